The molecule has 3 N–H and O–H groups in total. The molecule has 2 aliphatic rings. The molecular formula is C18H26ClFN2O. The fourth-order valence-electron chi connectivity index (χ4n) is 3.93. The van der Waals surface area contributed by atoms with Gasteiger partial charge in [-0.15, -0.1) is 12.4 Å². The van der Waals surface area contributed by atoms with Crippen LogP contribution in [0.15, 0.2) is 18.2 Å². The molecule has 5 heteroatoms. The van der Waals surface area contributed by atoms with Crippen molar-refractivity contribution in [2.24, 2.45) is 17.6 Å². The molecule has 0 radical (unpaired) electrons. The standard InChI is InChI=1S/C18H25FN2O.ClH/c1-11-8-9-14-15(6-3-7-16(14)19)17(11)21-18(22)12-4-2-5-13(20)10-12;/h3,6-7,11-13,17H,2,4-5,8-10,20H2,1H3,(H,21,22);1H. The number of fused-ring (bicyclic) bond motifs is 1. The summed E-state index contributed by atoms with van der Waals surface area (Å²) in [6, 6.07) is 5.25. The Morgan fingerprint density at radius 3 is 2.83 bits per heavy atom. The molecule has 3 nitrogen and oxygen atoms in total. The van der Waals surface area contributed by atoms with E-state index in [9.17, 15) is 9.18 Å². The maximum atomic E-state index is 14.0. The fourth-order valence-corrected chi connectivity index (χ4v) is 3.93. The number of hydrogen-bond acceptors (Lipinski definition) is 2. The van der Waals surface area contributed by atoms with E-state index in [4.69, 9.17) is 5.73 Å². The largest absolute Gasteiger partial charge is 0.349 e. The van der Waals surface area contributed by atoms with Crippen molar-refractivity contribution in [2.75, 3.05) is 0 Å². The minimum atomic E-state index is -0.150. The average molecular weight is 341 g/mol. The van der Waals surface area contributed by atoms with Crippen molar-refractivity contribution in [3.63, 3.8) is 0 Å². The third-order valence-corrected chi connectivity index (χ3v) is 5.29. The second-order valence-electron chi connectivity index (χ2n) is 6.93. The number of nitrogens with one attached hydrogen (secondary N) is 1. The van der Waals surface area contributed by atoms with E-state index >= 15 is 0 Å². The van der Waals surface area contributed by atoms with Crippen molar-refractivity contribution in [3.8, 4) is 0 Å². The van der Waals surface area contributed by atoms with E-state index < -0.39 is 0 Å². The van der Waals surface area contributed by atoms with Gasteiger partial charge in [0.15, 0.2) is 0 Å². The van der Waals surface area contributed by atoms with Crippen LogP contribution in [0.3, 0.4) is 0 Å². The minimum absolute atomic E-state index is 0. The van der Waals surface area contributed by atoms with Crippen molar-refractivity contribution in [1.82, 2.24) is 5.32 Å². The van der Waals surface area contributed by atoms with Gasteiger partial charge >= 0.3 is 0 Å². The summed E-state index contributed by atoms with van der Waals surface area (Å²) in [4.78, 5) is 12.6. The first-order valence-corrected chi connectivity index (χ1v) is 8.39. The maximum absolute atomic E-state index is 14.0. The van der Waals surface area contributed by atoms with Crippen LogP contribution in [0, 0.1) is 17.7 Å². The summed E-state index contributed by atoms with van der Waals surface area (Å²) in [5.74, 6) is 0.276. The second-order valence-corrected chi connectivity index (χ2v) is 6.93. The average Bonchev–Trinajstić information content (AvgIpc) is 2.50. The molecule has 0 aromatic heterocycles. The monoisotopic (exact) mass is 340 g/mol. The van der Waals surface area contributed by atoms with Gasteiger partial charge in [0.1, 0.15) is 5.82 Å². The van der Waals surface area contributed by atoms with Gasteiger partial charge in [0.25, 0.3) is 0 Å². The molecule has 1 fully saturated rings. The van der Waals surface area contributed by atoms with Crippen molar-refractivity contribution >= 4 is 18.3 Å². The molecule has 0 spiro atoms. The van der Waals surface area contributed by atoms with Crippen LogP contribution in [0.25, 0.3) is 0 Å². The van der Waals surface area contributed by atoms with Gasteiger partial charge in [-0.1, -0.05) is 25.5 Å². The highest BCUT2D eigenvalue weighted by molar-refractivity contribution is 5.85. The summed E-state index contributed by atoms with van der Waals surface area (Å²) in [5.41, 5.74) is 7.71. The number of benzene rings is 1. The van der Waals surface area contributed by atoms with E-state index in [1.165, 1.54) is 6.07 Å². The van der Waals surface area contributed by atoms with Gasteiger partial charge in [0.05, 0.1) is 6.04 Å². The normalized spacial score (nSPS) is 30.0. The molecule has 2 aliphatic carbocycles. The molecule has 4 atom stereocenters. The van der Waals surface area contributed by atoms with E-state index in [2.05, 4.69) is 12.2 Å². The topological polar surface area (TPSA) is 55.1 Å². The molecule has 1 aromatic rings. The lowest BCUT2D eigenvalue weighted by molar-refractivity contribution is -0.127. The van der Waals surface area contributed by atoms with Crippen LogP contribution in [0.5, 0.6) is 0 Å². The highest BCUT2D eigenvalue weighted by Gasteiger charge is 2.32. The Bertz CT molecular complexity index is 566. The molecule has 0 aliphatic heterocycles. The van der Waals surface area contributed by atoms with Gasteiger partial charge in [-0.25, -0.2) is 4.39 Å². The molecule has 0 saturated heterocycles. The zero-order chi connectivity index (χ0) is 15.7. The number of carbonyl (C=O) groups excluding carboxylic acids is 1. The molecule has 0 heterocycles. The molecule has 1 amide bonds. The zero-order valence-electron chi connectivity index (χ0n) is 13.6. The molecular weight excluding hydrogens is 315 g/mol. The van der Waals surface area contributed by atoms with Crippen LogP contribution in [0.4, 0.5) is 4.39 Å². The lowest BCUT2D eigenvalue weighted by Gasteiger charge is -2.34. The van der Waals surface area contributed by atoms with Crippen LogP contribution in [-0.2, 0) is 11.2 Å². The zero-order valence-corrected chi connectivity index (χ0v) is 14.4. The van der Waals surface area contributed by atoms with Gasteiger partial charge < -0.3 is 11.1 Å². The van der Waals surface area contributed by atoms with E-state index in [0.29, 0.717) is 5.92 Å². The summed E-state index contributed by atoms with van der Waals surface area (Å²) in [5, 5.41) is 3.18. The van der Waals surface area contributed by atoms with E-state index in [-0.39, 0.29) is 42.1 Å². The quantitative estimate of drug-likeness (QED) is 0.865. The smallest absolute Gasteiger partial charge is 0.223 e. The van der Waals surface area contributed by atoms with E-state index in [0.717, 1.165) is 49.7 Å². The maximum Gasteiger partial charge on any atom is 0.223 e. The SMILES string of the molecule is CC1CCc2c(F)cccc2C1NC(=O)C1CCCC(N)C1.Cl. The minimum Gasteiger partial charge on any atom is -0.349 e. The van der Waals surface area contributed by atoms with Gasteiger partial charge in [-0.05, 0) is 55.2 Å². The van der Waals surface area contributed by atoms with Crippen molar-refractivity contribution in [1.29, 1.82) is 0 Å². The predicted octanol–water partition coefficient (Wildman–Crippen LogP) is 3.50. The number of nitrogens with two attached hydrogens (primary N) is 1. The first-order valence-electron chi connectivity index (χ1n) is 8.39. The first-order chi connectivity index (χ1) is 10.6. The lowest BCUT2D eigenvalue weighted by atomic mass is 9.79. The molecule has 4 unspecified atom stereocenters. The number of rotatable bonds is 2. The summed E-state index contributed by atoms with van der Waals surface area (Å²) in [6.07, 6.45) is 5.37. The Labute approximate surface area is 143 Å². The summed E-state index contributed by atoms with van der Waals surface area (Å²) in [7, 11) is 0. The summed E-state index contributed by atoms with van der Waals surface area (Å²) >= 11 is 0. The van der Waals surface area contributed by atoms with Crippen molar-refractivity contribution in [2.45, 2.75) is 57.5 Å². The Morgan fingerprint density at radius 2 is 2.09 bits per heavy atom. The Kier molecular flexibility index (Phi) is 6.04. The van der Waals surface area contributed by atoms with Crippen LogP contribution < -0.4 is 11.1 Å². The van der Waals surface area contributed by atoms with Gasteiger partial charge in [0, 0.05) is 12.0 Å². The van der Waals surface area contributed by atoms with Gasteiger partial charge in [-0.2, -0.15) is 0 Å². The van der Waals surface area contributed by atoms with Crippen LogP contribution >= 0.6 is 12.4 Å². The van der Waals surface area contributed by atoms with E-state index in [1.807, 2.05) is 6.07 Å². The Balaban J connectivity index is 0.00000192. The number of halogens is 2. The number of hydrogen-bond donors (Lipinski definition) is 2. The number of amides is 1. The third kappa shape index (κ3) is 3.86. The molecule has 128 valence electrons. The van der Waals surface area contributed by atoms with Gasteiger partial charge in [0.2, 0.25) is 5.91 Å². The van der Waals surface area contributed by atoms with Crippen LogP contribution in [-0.4, -0.2) is 11.9 Å². The van der Waals surface area contributed by atoms with Gasteiger partial charge in [-0.3, -0.25) is 4.79 Å². The molecule has 23 heavy (non-hydrogen) atoms. The molecule has 1 aromatic carbocycles. The Hall–Kier alpha value is -1.13. The third-order valence-electron chi connectivity index (χ3n) is 5.29. The highest BCUT2D eigenvalue weighted by Crippen LogP contribution is 2.36. The second kappa shape index (κ2) is 7.63. The number of carbonyl (C=O) groups is 1. The van der Waals surface area contributed by atoms with Crippen LogP contribution in [0.2, 0.25) is 0 Å². The fraction of sp³-hybridized carbons (Fsp3) is 0.611. The van der Waals surface area contributed by atoms with Crippen molar-refractivity contribution in [3.05, 3.63) is 35.1 Å². The highest BCUT2D eigenvalue weighted by atomic mass is 35.5. The molecule has 3 rings (SSSR count). The van der Waals surface area contributed by atoms with Crippen LogP contribution in [0.1, 0.15) is 56.2 Å². The molecule has 1 saturated carbocycles. The summed E-state index contributed by atoms with van der Waals surface area (Å²) < 4.78 is 14.0. The molecule has 0 bridgehead atoms. The van der Waals surface area contributed by atoms with E-state index in [1.54, 1.807) is 6.07 Å². The first kappa shape index (κ1) is 18.2. The van der Waals surface area contributed by atoms with Crippen molar-refractivity contribution < 1.29 is 9.18 Å². The Morgan fingerprint density at radius 1 is 1.30 bits per heavy atom. The predicted molar refractivity (Wildman–Crippen MR) is 92.0 cm³/mol. The lowest BCUT2D eigenvalue weighted by Crippen LogP contribution is -2.42. The summed E-state index contributed by atoms with van der Waals surface area (Å²) in [6.45, 7) is 2.13.